The third kappa shape index (κ3) is 5.79. The van der Waals surface area contributed by atoms with E-state index in [1.807, 2.05) is 24.3 Å². The van der Waals surface area contributed by atoms with Crippen LogP contribution in [-0.2, 0) is 14.2 Å². The zero-order valence-electron chi connectivity index (χ0n) is 13.8. The number of benzene rings is 1. The van der Waals surface area contributed by atoms with E-state index in [4.69, 9.17) is 18.9 Å². The van der Waals surface area contributed by atoms with Crippen LogP contribution in [-0.4, -0.2) is 69.5 Å². The van der Waals surface area contributed by atoms with Gasteiger partial charge in [-0.25, -0.2) is 0 Å². The van der Waals surface area contributed by atoms with Crippen LogP contribution < -0.4 is 9.64 Å². The van der Waals surface area contributed by atoms with Crippen molar-refractivity contribution in [1.29, 1.82) is 0 Å². The molecular weight excluding hydrogens is 310 g/mol. The van der Waals surface area contributed by atoms with Gasteiger partial charge in [0.2, 0.25) is 0 Å². The number of hydrogen-bond acceptors (Lipinski definition) is 6. The number of rotatable bonds is 12. The minimum atomic E-state index is -0.653. The standard InChI is InChI=1S/C18H25NO5/c1-2-7-21-10-15(20)11-22-16-5-3-14(4-6-16)19(8-17-12-23-17)9-18-13-24-18/h2-6,15,17-18,20H,1,7-13H2. The Labute approximate surface area is 142 Å². The van der Waals surface area contributed by atoms with Crippen molar-refractivity contribution in [2.75, 3.05) is 51.0 Å². The first-order chi connectivity index (χ1) is 11.7. The van der Waals surface area contributed by atoms with Crippen molar-refractivity contribution < 1.29 is 24.1 Å². The van der Waals surface area contributed by atoms with Crippen molar-refractivity contribution in [3.05, 3.63) is 36.9 Å². The van der Waals surface area contributed by atoms with Crippen molar-refractivity contribution in [3.8, 4) is 5.75 Å². The number of aliphatic hydroxyl groups excluding tert-OH is 1. The fraction of sp³-hybridized carbons (Fsp3) is 0.556. The van der Waals surface area contributed by atoms with Crippen LogP contribution in [0.15, 0.2) is 36.9 Å². The number of anilines is 1. The lowest BCUT2D eigenvalue weighted by molar-refractivity contribution is 0.0214. The second-order valence-corrected chi connectivity index (χ2v) is 6.10. The zero-order chi connectivity index (χ0) is 16.8. The average Bonchev–Trinajstić information content (AvgIpc) is 3.49. The second kappa shape index (κ2) is 8.48. The Morgan fingerprint density at radius 1 is 1.17 bits per heavy atom. The predicted octanol–water partition coefficient (Wildman–Crippen LogP) is 1.23. The lowest BCUT2D eigenvalue weighted by Gasteiger charge is -2.23. The van der Waals surface area contributed by atoms with Gasteiger partial charge in [0.05, 0.1) is 38.6 Å². The Bertz CT molecular complexity index is 499. The van der Waals surface area contributed by atoms with Gasteiger partial charge in [0, 0.05) is 18.8 Å². The summed E-state index contributed by atoms with van der Waals surface area (Å²) in [5.74, 6) is 0.729. The SMILES string of the molecule is C=CCOCC(O)COc1ccc(N(CC2CO2)CC2CO2)cc1. The van der Waals surface area contributed by atoms with Crippen LogP contribution in [0.25, 0.3) is 0 Å². The zero-order valence-corrected chi connectivity index (χ0v) is 13.8. The van der Waals surface area contributed by atoms with Gasteiger partial charge in [-0.2, -0.15) is 0 Å². The minimum Gasteiger partial charge on any atom is -0.491 e. The molecule has 2 heterocycles. The third-order valence-electron chi connectivity index (χ3n) is 3.84. The number of ether oxygens (including phenoxy) is 4. The molecule has 2 fully saturated rings. The second-order valence-electron chi connectivity index (χ2n) is 6.10. The molecule has 0 amide bonds. The van der Waals surface area contributed by atoms with E-state index in [0.29, 0.717) is 18.8 Å². The molecule has 1 N–H and O–H groups in total. The van der Waals surface area contributed by atoms with E-state index in [2.05, 4.69) is 11.5 Å². The maximum atomic E-state index is 9.77. The molecule has 2 aliphatic rings. The molecular formula is C18H25NO5. The van der Waals surface area contributed by atoms with Crippen LogP contribution in [0, 0.1) is 0 Å². The van der Waals surface area contributed by atoms with Gasteiger partial charge < -0.3 is 29.0 Å². The highest BCUT2D eigenvalue weighted by Crippen LogP contribution is 2.24. The highest BCUT2D eigenvalue weighted by molar-refractivity contribution is 5.49. The van der Waals surface area contributed by atoms with Gasteiger partial charge in [-0.15, -0.1) is 6.58 Å². The summed E-state index contributed by atoms with van der Waals surface area (Å²) in [7, 11) is 0. The summed E-state index contributed by atoms with van der Waals surface area (Å²) in [6.07, 6.45) is 1.67. The van der Waals surface area contributed by atoms with Gasteiger partial charge in [-0.05, 0) is 24.3 Å². The molecule has 3 atom stereocenters. The van der Waals surface area contributed by atoms with E-state index in [0.717, 1.165) is 37.7 Å². The molecule has 0 saturated carbocycles. The van der Waals surface area contributed by atoms with Crippen LogP contribution >= 0.6 is 0 Å². The fourth-order valence-electron chi connectivity index (χ4n) is 2.40. The summed E-state index contributed by atoms with van der Waals surface area (Å²) in [5, 5.41) is 9.77. The molecule has 3 rings (SSSR count). The highest BCUT2D eigenvalue weighted by atomic mass is 16.6. The summed E-state index contributed by atoms with van der Waals surface area (Å²) in [6.45, 7) is 7.89. The lowest BCUT2D eigenvalue weighted by Crippen LogP contribution is -2.31. The minimum absolute atomic E-state index is 0.200. The predicted molar refractivity (Wildman–Crippen MR) is 90.7 cm³/mol. The van der Waals surface area contributed by atoms with Crippen LogP contribution in [0.3, 0.4) is 0 Å². The summed E-state index contributed by atoms with van der Waals surface area (Å²) >= 11 is 0. The Hall–Kier alpha value is -1.60. The van der Waals surface area contributed by atoms with Crippen molar-refractivity contribution >= 4 is 5.69 Å². The number of aliphatic hydroxyl groups is 1. The number of nitrogens with zero attached hydrogens (tertiary/aromatic N) is 1. The molecule has 2 saturated heterocycles. The van der Waals surface area contributed by atoms with Crippen molar-refractivity contribution in [3.63, 3.8) is 0 Å². The molecule has 6 nitrogen and oxygen atoms in total. The first-order valence-corrected chi connectivity index (χ1v) is 8.32. The average molecular weight is 335 g/mol. The smallest absolute Gasteiger partial charge is 0.119 e. The van der Waals surface area contributed by atoms with Crippen LogP contribution in [0.4, 0.5) is 5.69 Å². The van der Waals surface area contributed by atoms with E-state index >= 15 is 0 Å². The topological polar surface area (TPSA) is 67.0 Å². The maximum absolute atomic E-state index is 9.77. The Kier molecular flexibility index (Phi) is 6.09. The van der Waals surface area contributed by atoms with Crippen LogP contribution in [0.5, 0.6) is 5.75 Å². The number of epoxide rings is 2. The number of hydrogen-bond donors (Lipinski definition) is 1. The summed E-state index contributed by atoms with van der Waals surface area (Å²) in [6, 6.07) is 7.89. The third-order valence-corrected chi connectivity index (χ3v) is 3.84. The summed E-state index contributed by atoms with van der Waals surface area (Å²) in [5.41, 5.74) is 1.13. The Morgan fingerprint density at radius 3 is 2.33 bits per heavy atom. The molecule has 1 aromatic carbocycles. The van der Waals surface area contributed by atoms with Gasteiger partial charge in [-0.3, -0.25) is 0 Å². The van der Waals surface area contributed by atoms with Crippen molar-refractivity contribution in [1.82, 2.24) is 0 Å². The largest absolute Gasteiger partial charge is 0.491 e. The molecule has 0 aromatic heterocycles. The molecule has 0 radical (unpaired) electrons. The molecule has 0 bridgehead atoms. The van der Waals surface area contributed by atoms with E-state index in [1.165, 1.54) is 0 Å². The molecule has 3 unspecified atom stereocenters. The molecule has 2 aliphatic heterocycles. The van der Waals surface area contributed by atoms with Gasteiger partial charge in [0.15, 0.2) is 0 Å². The summed E-state index contributed by atoms with van der Waals surface area (Å²) < 4.78 is 21.5. The van der Waals surface area contributed by atoms with E-state index < -0.39 is 6.10 Å². The first kappa shape index (κ1) is 17.2. The first-order valence-electron chi connectivity index (χ1n) is 8.32. The Morgan fingerprint density at radius 2 is 1.79 bits per heavy atom. The normalized spacial score (nSPS) is 22.7. The molecule has 24 heavy (non-hydrogen) atoms. The van der Waals surface area contributed by atoms with Gasteiger partial charge in [0.25, 0.3) is 0 Å². The van der Waals surface area contributed by atoms with Crippen molar-refractivity contribution in [2.24, 2.45) is 0 Å². The van der Waals surface area contributed by atoms with E-state index in [1.54, 1.807) is 6.08 Å². The highest BCUT2D eigenvalue weighted by Gasteiger charge is 2.30. The molecule has 0 spiro atoms. The Balaban J connectivity index is 1.47. The lowest BCUT2D eigenvalue weighted by atomic mass is 10.2. The van der Waals surface area contributed by atoms with Gasteiger partial charge >= 0.3 is 0 Å². The van der Waals surface area contributed by atoms with Crippen molar-refractivity contribution in [2.45, 2.75) is 18.3 Å². The van der Waals surface area contributed by atoms with Crippen LogP contribution in [0.2, 0.25) is 0 Å². The maximum Gasteiger partial charge on any atom is 0.119 e. The monoisotopic (exact) mass is 335 g/mol. The molecule has 1 aromatic rings. The van der Waals surface area contributed by atoms with Gasteiger partial charge in [-0.1, -0.05) is 6.08 Å². The fourth-order valence-corrected chi connectivity index (χ4v) is 2.40. The van der Waals surface area contributed by atoms with E-state index in [-0.39, 0.29) is 13.2 Å². The van der Waals surface area contributed by atoms with Crippen LogP contribution in [0.1, 0.15) is 0 Å². The van der Waals surface area contributed by atoms with E-state index in [9.17, 15) is 5.11 Å². The molecule has 0 aliphatic carbocycles. The quantitative estimate of drug-likeness (QED) is 0.352. The molecule has 132 valence electrons. The summed E-state index contributed by atoms with van der Waals surface area (Å²) in [4.78, 5) is 2.29. The van der Waals surface area contributed by atoms with Gasteiger partial charge in [0.1, 0.15) is 18.5 Å². The molecule has 6 heteroatoms.